The van der Waals surface area contributed by atoms with Gasteiger partial charge in [0.05, 0.1) is 18.2 Å². The third-order valence-corrected chi connectivity index (χ3v) is 2.38. The highest BCUT2D eigenvalue weighted by atomic mass is 16.5. The Balaban J connectivity index is 2.65. The molecule has 5 heteroatoms. The van der Waals surface area contributed by atoms with Crippen LogP contribution in [0.4, 0.5) is 0 Å². The van der Waals surface area contributed by atoms with Gasteiger partial charge in [-0.15, -0.1) is 0 Å². The molecule has 0 saturated heterocycles. The highest BCUT2D eigenvalue weighted by molar-refractivity contribution is 6.00. The maximum absolute atomic E-state index is 11.3. The number of hydrogen-bond donors (Lipinski definition) is 2. The molecule has 1 atom stereocenters. The second-order valence-electron chi connectivity index (χ2n) is 3.73. The fourth-order valence-corrected chi connectivity index (χ4v) is 1.42. The molecule has 0 aliphatic heterocycles. The lowest BCUT2D eigenvalue weighted by Gasteiger charge is -2.11. The maximum Gasteiger partial charge on any atom is 0.323 e. The van der Waals surface area contributed by atoms with Crippen molar-refractivity contribution in [1.82, 2.24) is 0 Å². The average molecular weight is 245 g/mol. The number of hydrogen-bond acceptors (Lipinski definition) is 5. The van der Waals surface area contributed by atoms with Gasteiger partial charge in [0.2, 0.25) is 0 Å². The molecule has 1 aromatic rings. The van der Waals surface area contributed by atoms with Crippen LogP contribution in [0.5, 0.6) is 0 Å². The normalized spacial score (nSPS) is 11.4. The van der Waals surface area contributed by atoms with Crippen molar-refractivity contribution >= 4 is 11.7 Å². The zero-order valence-electron chi connectivity index (χ0n) is 10.1. The van der Waals surface area contributed by atoms with E-state index < -0.39 is 12.0 Å². The van der Waals surface area contributed by atoms with Crippen LogP contribution < -0.4 is 5.73 Å². The van der Waals surface area contributed by atoms with E-state index in [4.69, 9.17) is 21.1 Å². The minimum absolute atomic E-state index is 0.116. The van der Waals surface area contributed by atoms with Gasteiger partial charge in [-0.2, -0.15) is 5.26 Å². The number of rotatable bonds is 5. The largest absolute Gasteiger partial charge is 0.465 e. The van der Waals surface area contributed by atoms with Crippen LogP contribution in [-0.4, -0.2) is 24.3 Å². The van der Waals surface area contributed by atoms with E-state index in [9.17, 15) is 4.79 Å². The molecule has 0 heterocycles. The third kappa shape index (κ3) is 3.68. The quantitative estimate of drug-likeness (QED) is 0.601. The first kappa shape index (κ1) is 13.9. The molecule has 0 saturated carbocycles. The lowest BCUT2D eigenvalue weighted by molar-refractivity contribution is -0.144. The summed E-state index contributed by atoms with van der Waals surface area (Å²) in [7, 11) is 0. The smallest absolute Gasteiger partial charge is 0.323 e. The van der Waals surface area contributed by atoms with Gasteiger partial charge in [-0.3, -0.25) is 4.79 Å². The van der Waals surface area contributed by atoms with E-state index in [1.54, 1.807) is 31.2 Å². The van der Waals surface area contributed by atoms with E-state index in [2.05, 4.69) is 0 Å². The van der Waals surface area contributed by atoms with Gasteiger partial charge < -0.3 is 15.9 Å². The number of nitrogens with two attached hydrogens (primary N) is 1. The van der Waals surface area contributed by atoms with E-state index in [0.717, 1.165) is 0 Å². The minimum Gasteiger partial charge on any atom is -0.465 e. The molecule has 5 nitrogen and oxygen atoms in total. The van der Waals surface area contributed by atoms with Crippen molar-refractivity contribution in [3.05, 3.63) is 35.4 Å². The Bertz CT molecular complexity index is 474. The van der Waals surface area contributed by atoms with Gasteiger partial charge in [0.25, 0.3) is 0 Å². The molecule has 1 rings (SSSR count). The van der Waals surface area contributed by atoms with Crippen molar-refractivity contribution in [1.29, 1.82) is 10.7 Å². The van der Waals surface area contributed by atoms with Crippen LogP contribution in [0, 0.1) is 16.7 Å². The monoisotopic (exact) mass is 245 g/mol. The van der Waals surface area contributed by atoms with E-state index in [1.807, 2.05) is 6.07 Å². The summed E-state index contributed by atoms with van der Waals surface area (Å²) in [5, 5.41) is 16.5. The summed E-state index contributed by atoms with van der Waals surface area (Å²) in [5.74, 6) is -0.504. The Morgan fingerprint density at radius 2 is 2.11 bits per heavy atom. The topological polar surface area (TPSA) is 100.0 Å². The maximum atomic E-state index is 11.3. The molecule has 1 aromatic carbocycles. The summed E-state index contributed by atoms with van der Waals surface area (Å²) < 4.78 is 4.77. The van der Waals surface area contributed by atoms with Crippen molar-refractivity contribution in [2.75, 3.05) is 6.61 Å². The van der Waals surface area contributed by atoms with Crippen molar-refractivity contribution < 1.29 is 9.53 Å². The summed E-state index contributed by atoms with van der Waals surface area (Å²) in [5.41, 5.74) is 7.06. The SMILES string of the molecule is CCOC(=O)C(N)CC(=N)c1ccc(C#N)cc1. The van der Waals surface area contributed by atoms with Gasteiger partial charge in [-0.1, -0.05) is 12.1 Å². The van der Waals surface area contributed by atoms with Crippen LogP contribution >= 0.6 is 0 Å². The van der Waals surface area contributed by atoms with Crippen LogP contribution in [0.1, 0.15) is 24.5 Å². The number of benzene rings is 1. The van der Waals surface area contributed by atoms with Gasteiger partial charge in [-0.05, 0) is 24.6 Å². The zero-order valence-corrected chi connectivity index (χ0v) is 10.1. The van der Waals surface area contributed by atoms with E-state index in [-0.39, 0.29) is 18.7 Å². The lowest BCUT2D eigenvalue weighted by Crippen LogP contribution is -2.34. The number of nitriles is 1. The van der Waals surface area contributed by atoms with Crippen LogP contribution in [0.2, 0.25) is 0 Å². The van der Waals surface area contributed by atoms with E-state index >= 15 is 0 Å². The van der Waals surface area contributed by atoms with Crippen molar-refractivity contribution in [3.63, 3.8) is 0 Å². The molecule has 1 unspecified atom stereocenters. The van der Waals surface area contributed by atoms with Crippen LogP contribution in [-0.2, 0) is 9.53 Å². The molecule has 0 bridgehead atoms. The molecule has 0 aromatic heterocycles. The summed E-state index contributed by atoms with van der Waals surface area (Å²) in [6, 6.07) is 7.75. The van der Waals surface area contributed by atoms with Gasteiger partial charge in [0.1, 0.15) is 6.04 Å². The van der Waals surface area contributed by atoms with Crippen molar-refractivity contribution in [2.24, 2.45) is 5.73 Å². The van der Waals surface area contributed by atoms with E-state index in [1.165, 1.54) is 0 Å². The first-order chi connectivity index (χ1) is 8.58. The zero-order chi connectivity index (χ0) is 13.5. The number of ether oxygens (including phenoxy) is 1. The number of carbonyl (C=O) groups excluding carboxylic acids is 1. The number of carbonyl (C=O) groups is 1. The Hall–Kier alpha value is -2.19. The van der Waals surface area contributed by atoms with Gasteiger partial charge in [0.15, 0.2) is 0 Å². The molecule has 0 aliphatic carbocycles. The number of esters is 1. The molecule has 0 spiro atoms. The molecule has 0 amide bonds. The van der Waals surface area contributed by atoms with Gasteiger partial charge in [-0.25, -0.2) is 0 Å². The fraction of sp³-hybridized carbons (Fsp3) is 0.308. The second-order valence-corrected chi connectivity index (χ2v) is 3.73. The highest BCUT2D eigenvalue weighted by Crippen LogP contribution is 2.08. The van der Waals surface area contributed by atoms with Crippen molar-refractivity contribution in [2.45, 2.75) is 19.4 Å². The predicted molar refractivity (Wildman–Crippen MR) is 67.2 cm³/mol. The molecular weight excluding hydrogens is 230 g/mol. The predicted octanol–water partition coefficient (Wildman–Crippen LogP) is 1.21. The Kier molecular flexibility index (Phi) is 5.03. The van der Waals surface area contributed by atoms with Gasteiger partial charge in [0, 0.05) is 12.1 Å². The highest BCUT2D eigenvalue weighted by Gasteiger charge is 2.17. The standard InChI is InChI=1S/C13H15N3O2/c1-2-18-13(17)12(16)7-11(15)10-5-3-9(8-14)4-6-10/h3-6,12,15H,2,7,16H2,1H3. The Morgan fingerprint density at radius 1 is 1.50 bits per heavy atom. The minimum atomic E-state index is -0.826. The molecule has 18 heavy (non-hydrogen) atoms. The second kappa shape index (κ2) is 6.52. The van der Waals surface area contributed by atoms with E-state index in [0.29, 0.717) is 11.1 Å². The molecule has 0 radical (unpaired) electrons. The van der Waals surface area contributed by atoms with Crippen molar-refractivity contribution in [3.8, 4) is 6.07 Å². The lowest BCUT2D eigenvalue weighted by atomic mass is 10.0. The average Bonchev–Trinajstić information content (AvgIpc) is 2.39. The summed E-state index contributed by atoms with van der Waals surface area (Å²) in [6.45, 7) is 1.98. The molecule has 94 valence electrons. The summed E-state index contributed by atoms with van der Waals surface area (Å²) in [4.78, 5) is 11.3. The first-order valence-electron chi connectivity index (χ1n) is 5.58. The van der Waals surface area contributed by atoms with Crippen LogP contribution in [0.3, 0.4) is 0 Å². The van der Waals surface area contributed by atoms with Crippen LogP contribution in [0.15, 0.2) is 24.3 Å². The number of nitrogens with one attached hydrogen (secondary N) is 1. The summed E-state index contributed by atoms with van der Waals surface area (Å²) >= 11 is 0. The molecule has 0 fully saturated rings. The fourth-order valence-electron chi connectivity index (χ4n) is 1.42. The van der Waals surface area contributed by atoms with Gasteiger partial charge >= 0.3 is 5.97 Å². The Morgan fingerprint density at radius 3 is 2.61 bits per heavy atom. The molecule has 0 aliphatic rings. The third-order valence-electron chi connectivity index (χ3n) is 2.38. The van der Waals surface area contributed by atoms with Crippen LogP contribution in [0.25, 0.3) is 0 Å². The molecular formula is C13H15N3O2. The molecule has 3 N–H and O–H groups in total. The number of nitrogens with zero attached hydrogens (tertiary/aromatic N) is 1. The summed E-state index contributed by atoms with van der Waals surface area (Å²) in [6.07, 6.45) is 0.116. The Labute approximate surface area is 106 Å². The first-order valence-corrected chi connectivity index (χ1v) is 5.58.